The monoisotopic (exact) mass is 693 g/mol. The first-order valence-electron chi connectivity index (χ1n) is 16.3. The van der Waals surface area contributed by atoms with Crippen molar-refractivity contribution in [3.63, 3.8) is 0 Å². The van der Waals surface area contributed by atoms with Crippen LogP contribution in [0, 0.1) is 6.92 Å². The van der Waals surface area contributed by atoms with E-state index < -0.39 is 23.9 Å². The maximum atomic E-state index is 14.2. The zero-order chi connectivity index (χ0) is 35.2. The van der Waals surface area contributed by atoms with Crippen LogP contribution in [0.5, 0.6) is 0 Å². The van der Waals surface area contributed by atoms with E-state index in [4.69, 9.17) is 11.6 Å². The Labute approximate surface area is 294 Å². The molecule has 2 atom stereocenters. The lowest BCUT2D eigenvalue weighted by atomic mass is 9.92. The molecule has 0 spiro atoms. The lowest BCUT2D eigenvalue weighted by Gasteiger charge is -2.37. The van der Waals surface area contributed by atoms with Crippen molar-refractivity contribution in [3.05, 3.63) is 118 Å². The summed E-state index contributed by atoms with van der Waals surface area (Å²) in [4.78, 5) is 78.6. The zero-order valence-corrected chi connectivity index (χ0v) is 28.2. The molecule has 50 heavy (non-hydrogen) atoms. The summed E-state index contributed by atoms with van der Waals surface area (Å²) in [5.41, 5.74) is 3.80. The van der Waals surface area contributed by atoms with Crippen LogP contribution in [0.15, 0.2) is 85.2 Å². The van der Waals surface area contributed by atoms with Crippen molar-refractivity contribution in [3.8, 4) is 0 Å². The lowest BCUT2D eigenvalue weighted by molar-refractivity contribution is -0.142. The highest BCUT2D eigenvalue weighted by Crippen LogP contribution is 2.26. The number of ketones is 1. The quantitative estimate of drug-likeness (QED) is 0.199. The van der Waals surface area contributed by atoms with E-state index >= 15 is 0 Å². The number of aryl methyl sites for hydroxylation is 1. The number of fused-ring (bicyclic) bond motifs is 2. The minimum atomic E-state index is -1.04. The number of rotatable bonds is 11. The summed E-state index contributed by atoms with van der Waals surface area (Å²) in [5, 5.41) is 9.11. The van der Waals surface area contributed by atoms with Gasteiger partial charge in [-0.05, 0) is 48.2 Å². The van der Waals surface area contributed by atoms with Gasteiger partial charge in [-0.2, -0.15) is 0 Å². The molecule has 4 amide bonds. The molecule has 12 nitrogen and oxygen atoms in total. The highest BCUT2D eigenvalue weighted by Gasteiger charge is 2.37. The van der Waals surface area contributed by atoms with Gasteiger partial charge >= 0.3 is 0 Å². The molecule has 1 aromatic heterocycles. The maximum absolute atomic E-state index is 14.2. The minimum Gasteiger partial charge on any atom is -0.342 e. The van der Waals surface area contributed by atoms with E-state index in [0.29, 0.717) is 22.1 Å². The number of nitrogens with one attached hydrogen (secondary N) is 3. The number of nitrogens with zero attached hydrogens (tertiary/aromatic N) is 4. The Bertz CT molecular complexity index is 1940. The van der Waals surface area contributed by atoms with Crippen molar-refractivity contribution in [1.82, 2.24) is 25.5 Å². The van der Waals surface area contributed by atoms with Crippen LogP contribution in [0.4, 0.5) is 11.5 Å². The van der Waals surface area contributed by atoms with E-state index in [1.54, 1.807) is 47.4 Å². The number of aromatic nitrogens is 2. The SMILES string of the molecule is Cc1cc(NC(=O)[C@H](CCN2CNC(=O)c3nccnc32)NC(=O)[C@@H]2Cc3ccccc3CN2C(=O)CCC(=O)c2ccccc2)ccc1Cl. The third-order valence-corrected chi connectivity index (χ3v) is 9.33. The predicted molar refractivity (Wildman–Crippen MR) is 188 cm³/mol. The molecule has 3 N–H and O–H groups in total. The molecule has 6 rings (SSSR count). The summed E-state index contributed by atoms with van der Waals surface area (Å²) < 4.78 is 0. The Morgan fingerprint density at radius 2 is 1.70 bits per heavy atom. The molecule has 0 aliphatic carbocycles. The number of hydrogen-bond acceptors (Lipinski definition) is 8. The summed E-state index contributed by atoms with van der Waals surface area (Å²) in [6.07, 6.45) is 3.22. The number of carbonyl (C=O) groups is 5. The fourth-order valence-corrected chi connectivity index (χ4v) is 6.28. The molecule has 3 aromatic carbocycles. The molecule has 4 aromatic rings. The highest BCUT2D eigenvalue weighted by atomic mass is 35.5. The van der Waals surface area contributed by atoms with E-state index in [-0.39, 0.29) is 68.7 Å². The van der Waals surface area contributed by atoms with Crippen molar-refractivity contribution in [2.45, 2.75) is 51.2 Å². The van der Waals surface area contributed by atoms with Crippen LogP contribution >= 0.6 is 11.6 Å². The number of carbonyl (C=O) groups excluding carboxylic acids is 5. The number of hydrogen-bond donors (Lipinski definition) is 3. The third-order valence-electron chi connectivity index (χ3n) is 8.90. The number of Topliss-reactive ketones (excluding diaryl/α,β-unsaturated/α-hetero) is 1. The van der Waals surface area contributed by atoms with Crippen LogP contribution in [0.3, 0.4) is 0 Å². The highest BCUT2D eigenvalue weighted by molar-refractivity contribution is 6.31. The summed E-state index contributed by atoms with van der Waals surface area (Å²) in [6, 6.07) is 19.5. The molecule has 2 aliphatic rings. The summed E-state index contributed by atoms with van der Waals surface area (Å²) >= 11 is 6.20. The van der Waals surface area contributed by atoms with Crippen LogP contribution in [-0.2, 0) is 27.3 Å². The average molecular weight is 694 g/mol. The number of anilines is 2. The summed E-state index contributed by atoms with van der Waals surface area (Å²) in [6.45, 7) is 2.39. The van der Waals surface area contributed by atoms with E-state index in [2.05, 4.69) is 25.9 Å². The van der Waals surface area contributed by atoms with Gasteiger partial charge in [-0.25, -0.2) is 9.97 Å². The third kappa shape index (κ3) is 7.81. The summed E-state index contributed by atoms with van der Waals surface area (Å²) in [5.74, 6) is -1.43. The summed E-state index contributed by atoms with van der Waals surface area (Å²) in [7, 11) is 0. The van der Waals surface area contributed by atoms with Crippen LogP contribution in [0.2, 0.25) is 5.02 Å². The van der Waals surface area contributed by atoms with Gasteiger partial charge in [0.2, 0.25) is 17.7 Å². The van der Waals surface area contributed by atoms with Gasteiger partial charge in [0, 0.05) is 61.0 Å². The molecular formula is C37H36ClN7O5. The van der Waals surface area contributed by atoms with Crippen LogP contribution in [0.25, 0.3) is 0 Å². The van der Waals surface area contributed by atoms with E-state index in [9.17, 15) is 24.0 Å². The van der Waals surface area contributed by atoms with Crippen molar-refractivity contribution in [1.29, 1.82) is 0 Å². The molecule has 256 valence electrons. The first-order valence-corrected chi connectivity index (χ1v) is 16.7. The molecule has 0 unspecified atom stereocenters. The van der Waals surface area contributed by atoms with Crippen LogP contribution < -0.4 is 20.9 Å². The van der Waals surface area contributed by atoms with Crippen LogP contribution in [-0.4, -0.2) is 69.6 Å². The Balaban J connectivity index is 1.22. The van der Waals surface area contributed by atoms with Gasteiger partial charge in [0.05, 0.1) is 6.67 Å². The van der Waals surface area contributed by atoms with E-state index in [0.717, 1.165) is 16.7 Å². The molecule has 3 heterocycles. The van der Waals surface area contributed by atoms with Gasteiger partial charge in [-0.3, -0.25) is 24.0 Å². The van der Waals surface area contributed by atoms with Gasteiger partial charge in [-0.1, -0.05) is 66.2 Å². The number of benzene rings is 3. The standard InChI is InChI=1S/C37H36ClN7O5/c1-23-19-27(11-12-28(23)38)42-35(48)29(15-18-44-22-41-37(50)33-34(44)40-17-16-39-33)43-36(49)30-20-25-9-5-6-10-26(25)21-45(30)32(47)14-13-31(46)24-7-3-2-4-8-24/h2-12,16-17,19,29-30H,13-15,18,20-22H2,1H3,(H,41,50)(H,42,48)(H,43,49)/t29-,30-/m0/s1. The second kappa shape index (κ2) is 15.3. The first kappa shape index (κ1) is 34.3. The van der Waals surface area contributed by atoms with E-state index in [1.807, 2.05) is 37.3 Å². The fraction of sp³-hybridized carbons (Fsp3) is 0.270. The normalized spacial score (nSPS) is 15.6. The Morgan fingerprint density at radius 3 is 2.48 bits per heavy atom. The van der Waals surface area contributed by atoms with Crippen molar-refractivity contribution in [2.24, 2.45) is 0 Å². The zero-order valence-electron chi connectivity index (χ0n) is 27.4. The van der Waals surface area contributed by atoms with Gasteiger partial charge < -0.3 is 25.8 Å². The van der Waals surface area contributed by atoms with E-state index in [1.165, 1.54) is 17.3 Å². The molecule has 13 heteroatoms. The maximum Gasteiger partial charge on any atom is 0.275 e. The fourth-order valence-electron chi connectivity index (χ4n) is 6.16. The molecule has 0 bridgehead atoms. The van der Waals surface area contributed by atoms with Crippen molar-refractivity contribution < 1.29 is 24.0 Å². The van der Waals surface area contributed by atoms with Crippen molar-refractivity contribution >= 4 is 52.5 Å². The topological polar surface area (TPSA) is 154 Å². The average Bonchev–Trinajstić information content (AvgIpc) is 3.14. The van der Waals surface area contributed by atoms with Gasteiger partial charge in [0.25, 0.3) is 5.91 Å². The number of amides is 4. The second-order valence-electron chi connectivity index (χ2n) is 12.3. The molecular weight excluding hydrogens is 658 g/mol. The smallest absolute Gasteiger partial charge is 0.275 e. The van der Waals surface area contributed by atoms with Gasteiger partial charge in [0.1, 0.15) is 12.1 Å². The molecule has 0 saturated heterocycles. The first-order chi connectivity index (χ1) is 24.2. The molecule has 0 saturated carbocycles. The minimum absolute atomic E-state index is 0.00237. The van der Waals surface area contributed by atoms with Crippen molar-refractivity contribution in [2.75, 3.05) is 23.4 Å². The predicted octanol–water partition coefficient (Wildman–Crippen LogP) is 4.08. The Hall–Kier alpha value is -5.62. The van der Waals surface area contributed by atoms with Gasteiger partial charge in [-0.15, -0.1) is 0 Å². The molecule has 0 fully saturated rings. The Kier molecular flexibility index (Phi) is 10.5. The largest absolute Gasteiger partial charge is 0.342 e. The van der Waals surface area contributed by atoms with Crippen LogP contribution in [0.1, 0.15) is 56.8 Å². The van der Waals surface area contributed by atoms with Gasteiger partial charge in [0.15, 0.2) is 17.3 Å². The number of halogens is 1. The Morgan fingerprint density at radius 1 is 0.960 bits per heavy atom. The second-order valence-corrected chi connectivity index (χ2v) is 12.7. The molecule has 0 radical (unpaired) electrons. The lowest BCUT2D eigenvalue weighted by Crippen LogP contribution is -2.56. The molecule has 2 aliphatic heterocycles.